The van der Waals surface area contributed by atoms with Gasteiger partial charge >= 0.3 is 0 Å². The number of nitrogens with one attached hydrogen (secondary N) is 1. The average molecular weight is 613 g/mol. The normalized spacial score (nSPS) is 12.3. The number of hydrogen-bond donors (Lipinski definition) is 1. The second-order valence-corrected chi connectivity index (χ2v) is 10.0. The van der Waals surface area contributed by atoms with E-state index in [-0.39, 0.29) is 11.4 Å². The Morgan fingerprint density at radius 2 is 1.77 bits per heavy atom. The lowest BCUT2D eigenvalue weighted by Crippen LogP contribution is -2.22. The van der Waals surface area contributed by atoms with Gasteiger partial charge < -0.3 is 4.98 Å². The van der Waals surface area contributed by atoms with Crippen molar-refractivity contribution in [3.63, 3.8) is 0 Å². The number of halogens is 3. The first-order chi connectivity index (χ1) is 16.8. The number of aromatic amines is 1. The molecule has 0 unspecified atom stereocenters. The van der Waals surface area contributed by atoms with Crippen molar-refractivity contribution in [3.8, 4) is 0 Å². The lowest BCUT2D eigenvalue weighted by Gasteiger charge is -2.09. The number of amidine groups is 1. The molecule has 0 bridgehead atoms. The molecule has 1 N–H and O–H groups in total. The van der Waals surface area contributed by atoms with Crippen LogP contribution in [-0.4, -0.2) is 20.5 Å². The number of fused-ring (bicyclic) bond motifs is 2. The molecule has 0 saturated carbocycles. The van der Waals surface area contributed by atoms with E-state index in [1.54, 1.807) is 37.3 Å². The van der Waals surface area contributed by atoms with E-state index < -0.39 is 0 Å². The molecule has 0 aliphatic rings. The maximum Gasteiger partial charge on any atom is 0.282 e. The van der Waals surface area contributed by atoms with E-state index >= 15 is 0 Å². The summed E-state index contributed by atoms with van der Waals surface area (Å²) in [5, 5.41) is 15.5. The molecule has 0 spiro atoms. The zero-order valence-electron chi connectivity index (χ0n) is 18.6. The summed E-state index contributed by atoms with van der Waals surface area (Å²) in [4.78, 5) is 21.5. The van der Waals surface area contributed by atoms with Gasteiger partial charge in [-0.3, -0.25) is 4.79 Å². The Hall–Kier alpha value is -3.14. The number of aromatic nitrogens is 3. The standard InChI is InChI=1S/C25H17Br2ClN6O/c1-13-22(18-5-3-4-6-21(18)29-13)24(32-31-17-9-7-16(28)8-10-17)33-34-14(2)30-23-19(25(34)35)11-15(26)12-20(23)27/h3-12,29H,1-2H3/b32-31?,33-24-. The van der Waals surface area contributed by atoms with E-state index in [0.717, 1.165) is 26.6 Å². The Morgan fingerprint density at radius 3 is 2.54 bits per heavy atom. The third-order valence-corrected chi connectivity index (χ3v) is 6.74. The Kier molecular flexibility index (Phi) is 6.39. The summed E-state index contributed by atoms with van der Waals surface area (Å²) in [5.41, 5.74) is 3.39. The highest BCUT2D eigenvalue weighted by molar-refractivity contribution is 9.11. The fourth-order valence-electron chi connectivity index (χ4n) is 3.82. The molecule has 10 heteroatoms. The van der Waals surface area contributed by atoms with Crippen molar-refractivity contribution in [2.24, 2.45) is 15.3 Å². The largest absolute Gasteiger partial charge is 0.358 e. The SMILES string of the molecule is Cc1[nH]c2ccccc2c1/C(N=Nc1ccc(Cl)cc1)=N/n1c(C)nc2c(Br)cc(Br)cc2c1=O. The molecule has 0 amide bonds. The van der Waals surface area contributed by atoms with Crippen LogP contribution in [0.5, 0.6) is 0 Å². The quantitative estimate of drug-likeness (QED) is 0.129. The summed E-state index contributed by atoms with van der Waals surface area (Å²) < 4.78 is 2.73. The smallest absolute Gasteiger partial charge is 0.282 e. The minimum absolute atomic E-state index is 0.273. The number of hydrogen-bond acceptors (Lipinski definition) is 4. The first kappa shape index (κ1) is 23.6. The lowest BCUT2D eigenvalue weighted by molar-refractivity contribution is 0.763. The van der Waals surface area contributed by atoms with Crippen LogP contribution in [0.2, 0.25) is 5.02 Å². The molecule has 0 aliphatic carbocycles. The molecule has 2 heterocycles. The van der Waals surface area contributed by atoms with Gasteiger partial charge in [0.25, 0.3) is 5.56 Å². The van der Waals surface area contributed by atoms with E-state index in [2.05, 4.69) is 57.2 Å². The van der Waals surface area contributed by atoms with Crippen molar-refractivity contribution in [1.82, 2.24) is 14.6 Å². The zero-order chi connectivity index (χ0) is 24.7. The number of aryl methyl sites for hydroxylation is 2. The molecule has 2 aromatic heterocycles. The molecular formula is C25H17Br2ClN6O. The van der Waals surface area contributed by atoms with Gasteiger partial charge in [0, 0.05) is 30.6 Å². The topological polar surface area (TPSA) is 87.8 Å². The Bertz CT molecular complexity index is 1720. The molecule has 0 saturated heterocycles. The van der Waals surface area contributed by atoms with Gasteiger partial charge in [0.2, 0.25) is 5.84 Å². The van der Waals surface area contributed by atoms with Crippen LogP contribution in [0, 0.1) is 13.8 Å². The zero-order valence-corrected chi connectivity index (χ0v) is 22.5. The summed E-state index contributed by atoms with van der Waals surface area (Å²) in [5.74, 6) is 0.692. The van der Waals surface area contributed by atoms with Crippen molar-refractivity contribution in [2.75, 3.05) is 0 Å². The van der Waals surface area contributed by atoms with E-state index in [1.807, 2.05) is 37.3 Å². The van der Waals surface area contributed by atoms with Crippen molar-refractivity contribution >= 4 is 76.8 Å². The lowest BCUT2D eigenvalue weighted by atomic mass is 10.1. The summed E-state index contributed by atoms with van der Waals surface area (Å²) in [6.45, 7) is 3.67. The fourth-order valence-corrected chi connectivity index (χ4v) is 5.26. The molecule has 35 heavy (non-hydrogen) atoms. The number of rotatable bonds is 3. The first-order valence-corrected chi connectivity index (χ1v) is 12.5. The van der Waals surface area contributed by atoms with Gasteiger partial charge in [0.15, 0.2) is 0 Å². The Balaban J connectivity index is 1.77. The van der Waals surface area contributed by atoms with Crippen molar-refractivity contribution in [2.45, 2.75) is 13.8 Å². The van der Waals surface area contributed by atoms with Gasteiger partial charge in [0.1, 0.15) is 5.82 Å². The molecule has 0 atom stereocenters. The van der Waals surface area contributed by atoms with Crippen molar-refractivity contribution in [1.29, 1.82) is 0 Å². The third kappa shape index (κ3) is 4.59. The minimum Gasteiger partial charge on any atom is -0.358 e. The Morgan fingerprint density at radius 1 is 1.03 bits per heavy atom. The minimum atomic E-state index is -0.314. The van der Waals surface area contributed by atoms with Gasteiger partial charge in [-0.25, -0.2) is 4.98 Å². The highest BCUT2D eigenvalue weighted by Gasteiger charge is 2.17. The van der Waals surface area contributed by atoms with Crippen LogP contribution in [0.1, 0.15) is 17.1 Å². The third-order valence-electron chi connectivity index (χ3n) is 5.43. The predicted octanol–water partition coefficient (Wildman–Crippen LogP) is 7.67. The van der Waals surface area contributed by atoms with E-state index in [1.165, 1.54) is 4.68 Å². The second kappa shape index (κ2) is 9.49. The molecule has 0 aliphatic heterocycles. The van der Waals surface area contributed by atoms with Crippen LogP contribution in [0.4, 0.5) is 5.69 Å². The van der Waals surface area contributed by atoms with Crippen LogP contribution in [0.25, 0.3) is 21.8 Å². The summed E-state index contributed by atoms with van der Waals surface area (Å²) >= 11 is 12.9. The monoisotopic (exact) mass is 610 g/mol. The van der Waals surface area contributed by atoms with Gasteiger partial charge in [-0.05, 0) is 72.2 Å². The summed E-state index contributed by atoms with van der Waals surface area (Å²) in [6.07, 6.45) is 0. The van der Waals surface area contributed by atoms with E-state index in [4.69, 9.17) is 11.6 Å². The number of azo groups is 1. The fraction of sp³-hybridized carbons (Fsp3) is 0.0800. The molecular weight excluding hydrogens is 596 g/mol. The first-order valence-electron chi connectivity index (χ1n) is 10.5. The molecule has 5 rings (SSSR count). The summed E-state index contributed by atoms with van der Waals surface area (Å²) in [6, 6.07) is 18.4. The number of nitrogens with zero attached hydrogens (tertiary/aromatic N) is 5. The highest BCUT2D eigenvalue weighted by Crippen LogP contribution is 2.27. The number of para-hydroxylation sites is 1. The van der Waals surface area contributed by atoms with Crippen LogP contribution in [0.3, 0.4) is 0 Å². The predicted molar refractivity (Wildman–Crippen MR) is 147 cm³/mol. The average Bonchev–Trinajstić information content (AvgIpc) is 3.16. The maximum atomic E-state index is 13.5. The molecule has 0 radical (unpaired) electrons. The second-order valence-electron chi connectivity index (χ2n) is 7.83. The molecule has 0 fully saturated rings. The van der Waals surface area contributed by atoms with Crippen LogP contribution in [0.15, 0.2) is 89.7 Å². The highest BCUT2D eigenvalue weighted by atomic mass is 79.9. The van der Waals surface area contributed by atoms with Crippen LogP contribution >= 0.6 is 43.5 Å². The summed E-state index contributed by atoms with van der Waals surface area (Å²) in [7, 11) is 0. The number of H-pyrrole nitrogens is 1. The van der Waals surface area contributed by atoms with Crippen LogP contribution < -0.4 is 5.56 Å². The van der Waals surface area contributed by atoms with Crippen molar-refractivity contribution < 1.29 is 0 Å². The molecule has 3 aromatic carbocycles. The molecule has 5 aromatic rings. The molecule has 174 valence electrons. The van der Waals surface area contributed by atoms with E-state index in [0.29, 0.717) is 31.9 Å². The van der Waals surface area contributed by atoms with Gasteiger partial charge in [0.05, 0.1) is 22.2 Å². The van der Waals surface area contributed by atoms with Gasteiger partial charge in [-0.2, -0.15) is 4.68 Å². The van der Waals surface area contributed by atoms with Crippen molar-refractivity contribution in [3.05, 3.63) is 102 Å². The molecule has 7 nitrogen and oxygen atoms in total. The van der Waals surface area contributed by atoms with Crippen LogP contribution in [-0.2, 0) is 0 Å². The van der Waals surface area contributed by atoms with Gasteiger partial charge in [-0.15, -0.1) is 15.3 Å². The number of benzene rings is 3. The van der Waals surface area contributed by atoms with E-state index in [9.17, 15) is 4.79 Å². The Labute approximate surface area is 221 Å². The maximum absolute atomic E-state index is 13.5. The van der Waals surface area contributed by atoms with Gasteiger partial charge in [-0.1, -0.05) is 45.7 Å².